The van der Waals surface area contributed by atoms with Gasteiger partial charge in [-0.3, -0.25) is 4.79 Å². The number of aryl methyl sites for hydroxylation is 1. The number of likely N-dealkylation sites (N-methyl/N-ethyl adjacent to an activating group) is 1. The summed E-state index contributed by atoms with van der Waals surface area (Å²) in [7, 11) is 1.62. The second-order valence-corrected chi connectivity index (χ2v) is 4.82. The highest BCUT2D eigenvalue weighted by Gasteiger charge is 2.31. The lowest BCUT2D eigenvalue weighted by Crippen LogP contribution is -2.54. The van der Waals surface area contributed by atoms with Gasteiger partial charge in [0.15, 0.2) is 5.82 Å². The number of anilines is 1. The number of amides is 1. The van der Waals surface area contributed by atoms with Gasteiger partial charge in [-0.2, -0.15) is 5.10 Å². The Morgan fingerprint density at radius 3 is 2.90 bits per heavy atom. The minimum absolute atomic E-state index is 0.0901. The minimum Gasteiger partial charge on any atom is -0.377 e. The van der Waals surface area contributed by atoms with Crippen molar-refractivity contribution in [3.05, 3.63) is 16.8 Å². The molecule has 0 bridgehead atoms. The molecule has 1 aromatic heterocycles. The largest absolute Gasteiger partial charge is 0.377 e. The summed E-state index contributed by atoms with van der Waals surface area (Å²) in [5.41, 5.74) is 8.68. The fraction of sp³-hybridized carbons (Fsp3) is 0.615. The molecule has 3 N–H and O–H groups in total. The summed E-state index contributed by atoms with van der Waals surface area (Å²) in [6.45, 7) is 5.76. The highest BCUT2D eigenvalue weighted by atomic mass is 16.5. The van der Waals surface area contributed by atoms with Crippen molar-refractivity contribution in [3.8, 4) is 0 Å². The number of nitrogens with two attached hydrogens (primary N) is 1. The van der Waals surface area contributed by atoms with E-state index in [1.165, 1.54) is 0 Å². The third kappa shape index (κ3) is 2.59. The lowest BCUT2D eigenvalue weighted by molar-refractivity contribution is -0.124. The van der Waals surface area contributed by atoms with Gasteiger partial charge in [0.2, 0.25) is 5.91 Å². The molecule has 0 aliphatic carbocycles. The maximum atomic E-state index is 12.0. The zero-order chi connectivity index (χ0) is 14.7. The van der Waals surface area contributed by atoms with Crippen LogP contribution >= 0.6 is 0 Å². The highest BCUT2D eigenvalue weighted by molar-refractivity contribution is 5.85. The van der Waals surface area contributed by atoms with Gasteiger partial charge in [-0.15, -0.1) is 5.10 Å². The number of carbonyl (C=O) groups is 1. The summed E-state index contributed by atoms with van der Waals surface area (Å²) >= 11 is 0. The monoisotopic (exact) mass is 279 g/mol. The van der Waals surface area contributed by atoms with Gasteiger partial charge in [0.1, 0.15) is 6.04 Å². The van der Waals surface area contributed by atoms with Crippen LogP contribution in [0.15, 0.2) is 0 Å². The number of carbonyl (C=O) groups excluding carboxylic acids is 1. The molecule has 1 fully saturated rings. The molecule has 0 radical (unpaired) electrons. The molecule has 0 spiro atoms. The van der Waals surface area contributed by atoms with E-state index >= 15 is 0 Å². The average Bonchev–Trinajstić information content (AvgIpc) is 2.49. The molecule has 2 heterocycles. The molecule has 1 aromatic rings. The molecule has 1 saturated heterocycles. The number of hydrogen-bond acceptors (Lipinski definition) is 6. The van der Waals surface area contributed by atoms with Crippen LogP contribution in [-0.4, -0.2) is 49.0 Å². The lowest BCUT2D eigenvalue weighted by Gasteiger charge is -2.36. The van der Waals surface area contributed by atoms with Gasteiger partial charge < -0.3 is 20.7 Å². The summed E-state index contributed by atoms with van der Waals surface area (Å²) < 4.78 is 5.40. The van der Waals surface area contributed by atoms with E-state index in [4.69, 9.17) is 10.5 Å². The SMILES string of the molecule is CNC(=O)C1COCCN1c1nnc(C)c(C)c1CN. The van der Waals surface area contributed by atoms with Crippen LogP contribution in [0.5, 0.6) is 0 Å². The molecule has 1 aliphatic heterocycles. The predicted octanol–water partition coefficient (Wildman–Crippen LogP) is -0.497. The molecular formula is C13H21N5O2. The lowest BCUT2D eigenvalue weighted by atomic mass is 10.1. The van der Waals surface area contributed by atoms with Crippen LogP contribution in [0.2, 0.25) is 0 Å². The molecule has 1 amide bonds. The smallest absolute Gasteiger partial charge is 0.244 e. The van der Waals surface area contributed by atoms with Crippen molar-refractivity contribution in [2.75, 3.05) is 31.7 Å². The van der Waals surface area contributed by atoms with Gasteiger partial charge in [-0.05, 0) is 19.4 Å². The first-order chi connectivity index (χ1) is 9.60. The molecular weight excluding hydrogens is 258 g/mol. The standard InChI is InChI=1S/C13H21N5O2/c1-8-9(2)16-17-12(10(8)6-14)18-4-5-20-7-11(18)13(19)15-3/h11H,4-7,14H2,1-3H3,(H,15,19). The van der Waals surface area contributed by atoms with Crippen molar-refractivity contribution in [2.24, 2.45) is 5.73 Å². The minimum atomic E-state index is -0.393. The van der Waals surface area contributed by atoms with Gasteiger partial charge in [0.05, 0.1) is 18.9 Å². The second-order valence-electron chi connectivity index (χ2n) is 4.82. The number of nitrogens with one attached hydrogen (secondary N) is 1. The van der Waals surface area contributed by atoms with E-state index < -0.39 is 6.04 Å². The van der Waals surface area contributed by atoms with Crippen molar-refractivity contribution >= 4 is 11.7 Å². The Hall–Kier alpha value is -1.73. The first kappa shape index (κ1) is 14.7. The number of hydrogen-bond donors (Lipinski definition) is 2. The summed E-state index contributed by atoms with van der Waals surface area (Å²) in [6, 6.07) is -0.393. The van der Waals surface area contributed by atoms with E-state index in [9.17, 15) is 4.79 Å². The summed E-state index contributed by atoms with van der Waals surface area (Å²) in [5, 5.41) is 11.1. The molecule has 1 atom stereocenters. The molecule has 1 unspecified atom stereocenters. The van der Waals surface area contributed by atoms with E-state index in [0.717, 1.165) is 16.8 Å². The number of ether oxygens (including phenoxy) is 1. The van der Waals surface area contributed by atoms with Crippen LogP contribution in [0.4, 0.5) is 5.82 Å². The molecule has 0 aromatic carbocycles. The Labute approximate surface area is 118 Å². The van der Waals surface area contributed by atoms with Gasteiger partial charge in [0, 0.05) is 25.7 Å². The maximum Gasteiger partial charge on any atom is 0.244 e. The van der Waals surface area contributed by atoms with Gasteiger partial charge in [0.25, 0.3) is 0 Å². The number of rotatable bonds is 3. The van der Waals surface area contributed by atoms with E-state index in [-0.39, 0.29) is 5.91 Å². The Morgan fingerprint density at radius 2 is 2.25 bits per heavy atom. The molecule has 0 saturated carbocycles. The fourth-order valence-electron chi connectivity index (χ4n) is 2.36. The molecule has 110 valence electrons. The van der Waals surface area contributed by atoms with Gasteiger partial charge in [-0.25, -0.2) is 0 Å². The number of aromatic nitrogens is 2. The summed E-state index contributed by atoms with van der Waals surface area (Å²) in [4.78, 5) is 13.9. The van der Waals surface area contributed by atoms with Crippen molar-refractivity contribution in [3.63, 3.8) is 0 Å². The summed E-state index contributed by atoms with van der Waals surface area (Å²) in [5.74, 6) is 0.597. The van der Waals surface area contributed by atoms with Crippen molar-refractivity contribution in [1.29, 1.82) is 0 Å². The van der Waals surface area contributed by atoms with E-state index in [1.54, 1.807) is 7.05 Å². The first-order valence-corrected chi connectivity index (χ1v) is 6.69. The van der Waals surface area contributed by atoms with Crippen LogP contribution in [0.1, 0.15) is 16.8 Å². The van der Waals surface area contributed by atoms with Crippen LogP contribution in [0, 0.1) is 13.8 Å². The topological polar surface area (TPSA) is 93.4 Å². The van der Waals surface area contributed by atoms with Crippen LogP contribution < -0.4 is 16.0 Å². The predicted molar refractivity (Wildman–Crippen MR) is 75.4 cm³/mol. The van der Waals surface area contributed by atoms with Crippen molar-refractivity contribution in [1.82, 2.24) is 15.5 Å². The quantitative estimate of drug-likeness (QED) is 0.775. The van der Waals surface area contributed by atoms with Crippen molar-refractivity contribution < 1.29 is 9.53 Å². The zero-order valence-corrected chi connectivity index (χ0v) is 12.1. The Morgan fingerprint density at radius 1 is 1.50 bits per heavy atom. The molecule has 7 nitrogen and oxygen atoms in total. The average molecular weight is 279 g/mol. The Bertz CT molecular complexity index is 506. The third-order valence-corrected chi connectivity index (χ3v) is 3.71. The van der Waals surface area contributed by atoms with E-state index in [1.807, 2.05) is 18.7 Å². The van der Waals surface area contributed by atoms with E-state index in [2.05, 4.69) is 15.5 Å². The van der Waals surface area contributed by atoms with Crippen LogP contribution in [0.3, 0.4) is 0 Å². The normalized spacial score (nSPS) is 19.0. The Kier molecular flexibility index (Phi) is 4.51. The fourth-order valence-corrected chi connectivity index (χ4v) is 2.36. The third-order valence-electron chi connectivity index (χ3n) is 3.71. The zero-order valence-electron chi connectivity index (χ0n) is 12.1. The number of nitrogens with zero attached hydrogens (tertiary/aromatic N) is 3. The first-order valence-electron chi connectivity index (χ1n) is 6.69. The summed E-state index contributed by atoms with van der Waals surface area (Å²) in [6.07, 6.45) is 0. The Balaban J connectivity index is 2.42. The van der Waals surface area contributed by atoms with Gasteiger partial charge >= 0.3 is 0 Å². The molecule has 20 heavy (non-hydrogen) atoms. The van der Waals surface area contributed by atoms with E-state index in [0.29, 0.717) is 32.1 Å². The molecule has 1 aliphatic rings. The maximum absolute atomic E-state index is 12.0. The molecule has 2 rings (SSSR count). The van der Waals surface area contributed by atoms with Gasteiger partial charge in [-0.1, -0.05) is 0 Å². The molecule has 7 heteroatoms. The second kappa shape index (κ2) is 6.15. The van der Waals surface area contributed by atoms with Crippen molar-refractivity contribution in [2.45, 2.75) is 26.4 Å². The highest BCUT2D eigenvalue weighted by Crippen LogP contribution is 2.25. The van der Waals surface area contributed by atoms with Crippen LogP contribution in [-0.2, 0) is 16.1 Å². The number of morpholine rings is 1. The van der Waals surface area contributed by atoms with Crippen LogP contribution in [0.25, 0.3) is 0 Å².